The third-order valence-electron chi connectivity index (χ3n) is 2.26. The van der Waals surface area contributed by atoms with E-state index in [-0.39, 0.29) is 10.6 Å². The molecule has 0 amide bonds. The van der Waals surface area contributed by atoms with Gasteiger partial charge in [-0.2, -0.15) is 13.2 Å². The molecule has 0 aliphatic rings. The Balaban J connectivity index is 2.84. The summed E-state index contributed by atoms with van der Waals surface area (Å²) < 4.78 is 38.2. The third kappa shape index (κ3) is 4.50. The molecular weight excluding hydrogens is 247 g/mol. The van der Waals surface area contributed by atoms with Gasteiger partial charge in [0.2, 0.25) is 0 Å². The highest BCUT2D eigenvalue weighted by Gasteiger charge is 2.33. The van der Waals surface area contributed by atoms with Gasteiger partial charge in [-0.25, -0.2) is 0 Å². The van der Waals surface area contributed by atoms with E-state index < -0.39 is 11.7 Å². The molecule has 17 heavy (non-hydrogen) atoms. The highest BCUT2D eigenvalue weighted by atomic mass is 32.2. The van der Waals surface area contributed by atoms with Gasteiger partial charge < -0.3 is 5.73 Å². The standard InChI is InChI=1S/C12H16F3NS/c1-8(2)5-6-17-11-4-3-9(16)7-10(11)12(13,14)15/h3-4,7-8H,5-6,16H2,1-2H3. The molecule has 0 heterocycles. The van der Waals surface area contributed by atoms with Crippen LogP contribution in [-0.4, -0.2) is 5.75 Å². The molecule has 1 rings (SSSR count). The van der Waals surface area contributed by atoms with Crippen molar-refractivity contribution in [1.29, 1.82) is 0 Å². The number of anilines is 1. The summed E-state index contributed by atoms with van der Waals surface area (Å²) in [5, 5.41) is 0. The van der Waals surface area contributed by atoms with Crippen molar-refractivity contribution in [2.75, 3.05) is 11.5 Å². The molecule has 0 unspecified atom stereocenters. The normalized spacial score (nSPS) is 12.1. The Morgan fingerprint density at radius 1 is 1.29 bits per heavy atom. The Morgan fingerprint density at radius 3 is 2.47 bits per heavy atom. The number of benzene rings is 1. The lowest BCUT2D eigenvalue weighted by Crippen LogP contribution is -2.08. The number of nitrogens with two attached hydrogens (primary N) is 1. The molecule has 2 N–H and O–H groups in total. The van der Waals surface area contributed by atoms with Crippen LogP contribution in [0.2, 0.25) is 0 Å². The van der Waals surface area contributed by atoms with Crippen LogP contribution in [0.25, 0.3) is 0 Å². The van der Waals surface area contributed by atoms with E-state index in [1.54, 1.807) is 0 Å². The molecule has 1 aromatic carbocycles. The fourth-order valence-corrected chi connectivity index (χ4v) is 2.60. The second-order valence-electron chi connectivity index (χ2n) is 4.28. The SMILES string of the molecule is CC(C)CCSc1ccc(N)cc1C(F)(F)F. The first-order valence-corrected chi connectivity index (χ1v) is 6.39. The highest BCUT2D eigenvalue weighted by molar-refractivity contribution is 7.99. The molecule has 0 fully saturated rings. The quantitative estimate of drug-likeness (QED) is 0.642. The summed E-state index contributed by atoms with van der Waals surface area (Å²) in [7, 11) is 0. The fourth-order valence-electron chi connectivity index (χ4n) is 1.30. The molecule has 0 saturated heterocycles. The van der Waals surface area contributed by atoms with Crippen molar-refractivity contribution in [3.63, 3.8) is 0 Å². The van der Waals surface area contributed by atoms with Crippen LogP contribution in [0.1, 0.15) is 25.8 Å². The summed E-state index contributed by atoms with van der Waals surface area (Å²) >= 11 is 1.24. The maximum atomic E-state index is 12.7. The summed E-state index contributed by atoms with van der Waals surface area (Å²) in [6, 6.07) is 3.95. The largest absolute Gasteiger partial charge is 0.417 e. The lowest BCUT2D eigenvalue weighted by molar-refractivity contribution is -0.139. The first kappa shape index (κ1) is 14.2. The van der Waals surface area contributed by atoms with Crippen molar-refractivity contribution < 1.29 is 13.2 Å². The minimum Gasteiger partial charge on any atom is -0.399 e. The van der Waals surface area contributed by atoms with Crippen LogP contribution in [0, 0.1) is 5.92 Å². The number of nitrogen functional groups attached to an aromatic ring is 1. The van der Waals surface area contributed by atoms with Crippen molar-refractivity contribution in [1.82, 2.24) is 0 Å². The van der Waals surface area contributed by atoms with Gasteiger partial charge >= 0.3 is 6.18 Å². The zero-order valence-electron chi connectivity index (χ0n) is 9.84. The van der Waals surface area contributed by atoms with Gasteiger partial charge in [0.25, 0.3) is 0 Å². The predicted molar refractivity (Wildman–Crippen MR) is 66.0 cm³/mol. The second kappa shape index (κ2) is 5.67. The Labute approximate surface area is 104 Å². The van der Waals surface area contributed by atoms with E-state index in [2.05, 4.69) is 0 Å². The van der Waals surface area contributed by atoms with E-state index in [4.69, 9.17) is 5.73 Å². The Bertz CT molecular complexity index is 375. The van der Waals surface area contributed by atoms with Gasteiger partial charge in [-0.05, 0) is 36.3 Å². The van der Waals surface area contributed by atoms with Gasteiger partial charge in [-0.1, -0.05) is 13.8 Å². The molecule has 0 radical (unpaired) electrons. The molecule has 96 valence electrons. The predicted octanol–water partition coefficient (Wildman–Crippen LogP) is 4.43. The molecule has 1 nitrogen and oxygen atoms in total. The molecule has 0 aromatic heterocycles. The smallest absolute Gasteiger partial charge is 0.399 e. The molecule has 0 bridgehead atoms. The average Bonchev–Trinajstić information content (AvgIpc) is 2.18. The second-order valence-corrected chi connectivity index (χ2v) is 5.42. The molecule has 5 heteroatoms. The van der Waals surface area contributed by atoms with Crippen LogP contribution >= 0.6 is 11.8 Å². The number of halogens is 3. The van der Waals surface area contributed by atoms with E-state index in [0.717, 1.165) is 12.5 Å². The Hall–Kier alpha value is -0.840. The van der Waals surface area contributed by atoms with Crippen LogP contribution in [0.5, 0.6) is 0 Å². The minimum atomic E-state index is -4.34. The van der Waals surface area contributed by atoms with Gasteiger partial charge in [-0.15, -0.1) is 11.8 Å². The van der Waals surface area contributed by atoms with E-state index in [1.165, 1.54) is 23.9 Å². The van der Waals surface area contributed by atoms with Crippen molar-refractivity contribution in [2.45, 2.75) is 31.3 Å². The van der Waals surface area contributed by atoms with E-state index in [0.29, 0.717) is 11.7 Å². The van der Waals surface area contributed by atoms with Crippen molar-refractivity contribution >= 4 is 17.4 Å². The first-order valence-electron chi connectivity index (χ1n) is 5.40. The summed E-state index contributed by atoms with van der Waals surface area (Å²) in [5.74, 6) is 1.18. The monoisotopic (exact) mass is 263 g/mol. The van der Waals surface area contributed by atoms with Crippen molar-refractivity contribution in [2.24, 2.45) is 5.92 Å². The van der Waals surface area contributed by atoms with Gasteiger partial charge in [0.05, 0.1) is 5.56 Å². The topological polar surface area (TPSA) is 26.0 Å². The molecule has 0 aliphatic carbocycles. The summed E-state index contributed by atoms with van der Waals surface area (Å²) in [4.78, 5) is 0.257. The van der Waals surface area contributed by atoms with Gasteiger partial charge in [0.15, 0.2) is 0 Å². The number of hydrogen-bond donors (Lipinski definition) is 1. The molecule has 0 aliphatic heterocycles. The molecular formula is C12H16F3NS. The summed E-state index contributed by atoms with van der Waals surface area (Å²) in [6.45, 7) is 4.10. The fraction of sp³-hybridized carbons (Fsp3) is 0.500. The van der Waals surface area contributed by atoms with Gasteiger partial charge in [0, 0.05) is 10.6 Å². The number of alkyl halides is 3. The van der Waals surface area contributed by atoms with Crippen LogP contribution in [0.4, 0.5) is 18.9 Å². The van der Waals surface area contributed by atoms with Crippen molar-refractivity contribution in [3.05, 3.63) is 23.8 Å². The number of hydrogen-bond acceptors (Lipinski definition) is 2. The van der Waals surface area contributed by atoms with Gasteiger partial charge in [-0.3, -0.25) is 0 Å². The maximum Gasteiger partial charge on any atom is 0.417 e. The number of thioether (sulfide) groups is 1. The van der Waals surface area contributed by atoms with E-state index in [1.807, 2.05) is 13.8 Å². The van der Waals surface area contributed by atoms with Gasteiger partial charge in [0.1, 0.15) is 0 Å². The Kier molecular flexibility index (Phi) is 4.74. The molecule has 0 spiro atoms. The first-order chi connectivity index (χ1) is 7.80. The molecule has 1 aromatic rings. The van der Waals surface area contributed by atoms with Crippen LogP contribution in [0.15, 0.2) is 23.1 Å². The lowest BCUT2D eigenvalue weighted by Gasteiger charge is -2.13. The zero-order valence-corrected chi connectivity index (χ0v) is 10.7. The summed E-state index contributed by atoms with van der Waals surface area (Å²) in [5.41, 5.74) is 4.90. The maximum absolute atomic E-state index is 12.7. The van der Waals surface area contributed by atoms with E-state index in [9.17, 15) is 13.2 Å². The molecule has 0 atom stereocenters. The Morgan fingerprint density at radius 2 is 1.94 bits per heavy atom. The van der Waals surface area contributed by atoms with E-state index >= 15 is 0 Å². The van der Waals surface area contributed by atoms with Crippen molar-refractivity contribution in [3.8, 4) is 0 Å². The highest BCUT2D eigenvalue weighted by Crippen LogP contribution is 2.38. The van der Waals surface area contributed by atoms with Crippen LogP contribution < -0.4 is 5.73 Å². The molecule has 0 saturated carbocycles. The summed E-state index contributed by atoms with van der Waals surface area (Å²) in [6.07, 6.45) is -3.44. The van der Waals surface area contributed by atoms with Crippen LogP contribution in [-0.2, 0) is 6.18 Å². The number of rotatable bonds is 4. The lowest BCUT2D eigenvalue weighted by atomic mass is 10.2. The minimum absolute atomic E-state index is 0.144. The van der Waals surface area contributed by atoms with Crippen LogP contribution in [0.3, 0.4) is 0 Å². The zero-order chi connectivity index (χ0) is 13.1. The third-order valence-corrected chi connectivity index (χ3v) is 3.37. The average molecular weight is 263 g/mol.